The van der Waals surface area contributed by atoms with E-state index in [0.717, 1.165) is 22.6 Å². The molecule has 35 heavy (non-hydrogen) atoms. The van der Waals surface area contributed by atoms with Gasteiger partial charge in [-0.2, -0.15) is 0 Å². The Morgan fingerprint density at radius 1 is 0.886 bits per heavy atom. The Hall–Kier alpha value is -3.73. The summed E-state index contributed by atoms with van der Waals surface area (Å²) in [7, 11) is 3.97. The van der Waals surface area contributed by atoms with Gasteiger partial charge in [0.15, 0.2) is 0 Å². The molecule has 2 heterocycles. The second-order valence-corrected chi connectivity index (χ2v) is 9.22. The Morgan fingerprint density at radius 3 is 2.34 bits per heavy atom. The van der Waals surface area contributed by atoms with E-state index in [1.165, 1.54) is 0 Å². The topological polar surface area (TPSA) is 36.7 Å². The molecule has 6 heteroatoms. The number of amides is 1. The number of carbonyl (C=O) groups is 1. The fourth-order valence-corrected chi connectivity index (χ4v) is 4.39. The van der Waals surface area contributed by atoms with Crippen molar-refractivity contribution in [3.8, 4) is 11.3 Å². The Kier molecular flexibility index (Phi) is 6.25. The summed E-state index contributed by atoms with van der Waals surface area (Å²) >= 11 is 12.5. The number of anilines is 2. The van der Waals surface area contributed by atoms with Gasteiger partial charge in [-0.05, 0) is 72.3 Å². The number of hydrogen-bond donors (Lipinski definition) is 0. The third-order valence-electron chi connectivity index (χ3n) is 5.80. The number of benzene rings is 3. The summed E-state index contributed by atoms with van der Waals surface area (Å²) in [6.07, 6.45) is 3.65. The average molecular weight is 501 g/mol. The molecule has 0 spiro atoms. The van der Waals surface area contributed by atoms with Crippen LogP contribution in [0.2, 0.25) is 10.0 Å². The number of furan rings is 1. The van der Waals surface area contributed by atoms with Crippen LogP contribution in [0.15, 0.2) is 101 Å². The van der Waals surface area contributed by atoms with Crippen LogP contribution >= 0.6 is 23.2 Å². The molecule has 0 fully saturated rings. The van der Waals surface area contributed by atoms with Crippen molar-refractivity contribution >= 4 is 52.3 Å². The van der Waals surface area contributed by atoms with E-state index in [-0.39, 0.29) is 5.91 Å². The van der Waals surface area contributed by atoms with Crippen molar-refractivity contribution < 1.29 is 9.21 Å². The quantitative estimate of drug-likeness (QED) is 0.262. The molecule has 0 N–H and O–H groups in total. The molecule has 174 valence electrons. The molecule has 4 aromatic rings. The van der Waals surface area contributed by atoms with Crippen LogP contribution in [0.3, 0.4) is 0 Å². The zero-order valence-corrected chi connectivity index (χ0v) is 20.7. The predicted molar refractivity (Wildman–Crippen MR) is 145 cm³/mol. The number of nitrogens with zero attached hydrogens (tertiary/aromatic N) is 2. The molecule has 0 atom stereocenters. The number of carbonyl (C=O) groups excluding carboxylic acids is 1. The summed E-state index contributed by atoms with van der Waals surface area (Å²) in [5.74, 6) is 1.01. The summed E-state index contributed by atoms with van der Waals surface area (Å²) in [5.41, 5.74) is 4.84. The van der Waals surface area contributed by atoms with Crippen LogP contribution in [0, 0.1) is 0 Å². The van der Waals surface area contributed by atoms with Crippen LogP contribution in [-0.4, -0.2) is 20.0 Å². The van der Waals surface area contributed by atoms with E-state index in [4.69, 9.17) is 27.6 Å². The van der Waals surface area contributed by atoms with Crippen LogP contribution < -0.4 is 9.80 Å². The molecule has 5 rings (SSSR count). The first kappa shape index (κ1) is 23.0. The zero-order valence-electron chi connectivity index (χ0n) is 19.2. The van der Waals surface area contributed by atoms with E-state index >= 15 is 0 Å². The maximum absolute atomic E-state index is 13.6. The van der Waals surface area contributed by atoms with Gasteiger partial charge in [-0.15, -0.1) is 0 Å². The summed E-state index contributed by atoms with van der Waals surface area (Å²) in [6.45, 7) is 0. The molecule has 0 radical (unpaired) electrons. The number of hydrogen-bond acceptors (Lipinski definition) is 3. The summed E-state index contributed by atoms with van der Waals surface area (Å²) in [6, 6.07) is 26.6. The highest BCUT2D eigenvalue weighted by atomic mass is 35.5. The smallest absolute Gasteiger partial charge is 0.263 e. The van der Waals surface area contributed by atoms with Crippen LogP contribution in [0.25, 0.3) is 23.1 Å². The highest BCUT2D eigenvalue weighted by Crippen LogP contribution is 2.37. The molecule has 0 saturated heterocycles. The molecule has 3 aromatic carbocycles. The van der Waals surface area contributed by atoms with Crippen LogP contribution in [0.1, 0.15) is 11.3 Å². The van der Waals surface area contributed by atoms with Crippen molar-refractivity contribution in [2.24, 2.45) is 0 Å². The van der Waals surface area contributed by atoms with E-state index in [0.29, 0.717) is 32.7 Å². The highest BCUT2D eigenvalue weighted by molar-refractivity contribution is 6.35. The average Bonchev–Trinajstić information content (AvgIpc) is 3.46. The predicted octanol–water partition coefficient (Wildman–Crippen LogP) is 7.79. The van der Waals surface area contributed by atoms with Crippen LogP contribution in [-0.2, 0) is 4.79 Å². The van der Waals surface area contributed by atoms with Crippen molar-refractivity contribution in [3.05, 3.63) is 118 Å². The van der Waals surface area contributed by atoms with Gasteiger partial charge in [0.2, 0.25) is 0 Å². The zero-order chi connectivity index (χ0) is 24.5. The van der Waals surface area contributed by atoms with Gasteiger partial charge in [-0.25, -0.2) is 0 Å². The first-order valence-electron chi connectivity index (χ1n) is 11.1. The lowest BCUT2D eigenvalue weighted by Gasteiger charge is -2.22. The second-order valence-electron chi connectivity index (χ2n) is 8.37. The third-order valence-corrected chi connectivity index (χ3v) is 6.36. The van der Waals surface area contributed by atoms with Gasteiger partial charge < -0.3 is 9.32 Å². The van der Waals surface area contributed by atoms with E-state index < -0.39 is 0 Å². The summed E-state index contributed by atoms with van der Waals surface area (Å²) < 4.78 is 6.01. The minimum Gasteiger partial charge on any atom is -0.457 e. The largest absolute Gasteiger partial charge is 0.457 e. The molecule has 1 amide bonds. The molecule has 0 aliphatic carbocycles. The molecule has 1 aliphatic heterocycles. The lowest BCUT2D eigenvalue weighted by Crippen LogP contribution is -2.25. The number of halogens is 2. The van der Waals surface area contributed by atoms with Gasteiger partial charge >= 0.3 is 0 Å². The first-order chi connectivity index (χ1) is 16.9. The SMILES string of the molecule is CN(C)c1ccc(N2C(=O)/C(=C/c3ccc(-c4cc(Cl)ccc4Cl)o3)C=C2c2ccccc2)cc1. The Balaban J connectivity index is 1.53. The monoisotopic (exact) mass is 500 g/mol. The molecule has 0 unspecified atom stereocenters. The molecule has 0 bridgehead atoms. The standard InChI is InChI=1S/C29H22Cl2N2O2/c1-32(2)22-9-11-23(12-10-22)33-27(19-6-4-3-5-7-19)17-20(29(33)34)16-24-13-15-28(35-24)25-18-21(30)8-14-26(25)31/h3-18H,1-2H3/b20-16+. The van der Waals surface area contributed by atoms with Gasteiger partial charge in [0.1, 0.15) is 11.5 Å². The third kappa shape index (κ3) is 4.63. The van der Waals surface area contributed by atoms with E-state index in [1.807, 2.05) is 91.8 Å². The van der Waals surface area contributed by atoms with E-state index in [1.54, 1.807) is 29.2 Å². The maximum Gasteiger partial charge on any atom is 0.263 e. The second kappa shape index (κ2) is 9.49. The van der Waals surface area contributed by atoms with Gasteiger partial charge in [0.05, 0.1) is 10.7 Å². The first-order valence-corrected chi connectivity index (χ1v) is 11.8. The van der Waals surface area contributed by atoms with Crippen LogP contribution in [0.5, 0.6) is 0 Å². The Labute approximate surface area is 214 Å². The summed E-state index contributed by atoms with van der Waals surface area (Å²) in [4.78, 5) is 17.4. The van der Waals surface area contributed by atoms with Crippen molar-refractivity contribution in [2.45, 2.75) is 0 Å². The lowest BCUT2D eigenvalue weighted by molar-refractivity contribution is -0.113. The van der Waals surface area contributed by atoms with Gasteiger partial charge in [0, 0.05) is 41.6 Å². The van der Waals surface area contributed by atoms with Crippen LogP contribution in [0.4, 0.5) is 11.4 Å². The van der Waals surface area contributed by atoms with Gasteiger partial charge in [0.25, 0.3) is 5.91 Å². The molecule has 4 nitrogen and oxygen atoms in total. The molecule has 1 aromatic heterocycles. The van der Waals surface area contributed by atoms with E-state index in [9.17, 15) is 4.79 Å². The van der Waals surface area contributed by atoms with E-state index in [2.05, 4.69) is 0 Å². The van der Waals surface area contributed by atoms with Gasteiger partial charge in [-0.1, -0.05) is 53.5 Å². The maximum atomic E-state index is 13.6. The molecular formula is C29H22Cl2N2O2. The molecular weight excluding hydrogens is 479 g/mol. The lowest BCUT2D eigenvalue weighted by atomic mass is 10.1. The Bertz CT molecular complexity index is 1450. The molecule has 0 saturated carbocycles. The normalized spacial score (nSPS) is 14.5. The highest BCUT2D eigenvalue weighted by Gasteiger charge is 2.30. The van der Waals surface area contributed by atoms with Crippen molar-refractivity contribution in [3.63, 3.8) is 0 Å². The van der Waals surface area contributed by atoms with Crippen molar-refractivity contribution in [2.75, 3.05) is 23.9 Å². The fraction of sp³-hybridized carbons (Fsp3) is 0.0690. The van der Waals surface area contributed by atoms with Gasteiger partial charge in [-0.3, -0.25) is 9.69 Å². The minimum atomic E-state index is -0.125. The minimum absolute atomic E-state index is 0.125. The Morgan fingerprint density at radius 2 is 1.63 bits per heavy atom. The fourth-order valence-electron chi connectivity index (χ4n) is 4.01. The van der Waals surface area contributed by atoms with Crippen molar-refractivity contribution in [1.82, 2.24) is 0 Å². The summed E-state index contributed by atoms with van der Waals surface area (Å²) in [5, 5.41) is 1.11. The van der Waals surface area contributed by atoms with Crippen molar-refractivity contribution in [1.29, 1.82) is 0 Å². The molecule has 1 aliphatic rings. The number of rotatable bonds is 5.